The number of anilines is 2. The SMILES string of the molecule is CNc1nc(N2CCCCCC2)ccc1C(=N)c1cnc(C(=O)NCc2ccncc2)s1. The molecule has 8 nitrogen and oxygen atoms in total. The fourth-order valence-electron chi connectivity index (χ4n) is 3.70. The van der Waals surface area contributed by atoms with Gasteiger partial charge in [-0.25, -0.2) is 9.97 Å². The zero-order valence-corrected chi connectivity index (χ0v) is 18.9. The molecular formula is C23H27N7OS. The molecule has 166 valence electrons. The lowest BCUT2D eigenvalue weighted by Gasteiger charge is -2.22. The minimum Gasteiger partial charge on any atom is -0.373 e. The van der Waals surface area contributed by atoms with Crippen molar-refractivity contribution in [1.29, 1.82) is 5.41 Å². The summed E-state index contributed by atoms with van der Waals surface area (Å²) in [6.45, 7) is 2.43. The summed E-state index contributed by atoms with van der Waals surface area (Å²) in [5.74, 6) is 1.34. The van der Waals surface area contributed by atoms with Gasteiger partial charge in [-0.1, -0.05) is 12.8 Å². The third-order valence-electron chi connectivity index (χ3n) is 5.47. The molecule has 1 fully saturated rings. The number of carbonyl (C=O) groups excluding carboxylic acids is 1. The first-order chi connectivity index (χ1) is 15.7. The molecule has 3 aromatic heterocycles. The lowest BCUT2D eigenvalue weighted by molar-refractivity contribution is 0.0950. The summed E-state index contributed by atoms with van der Waals surface area (Å²) in [6.07, 6.45) is 9.86. The molecule has 1 aliphatic rings. The highest BCUT2D eigenvalue weighted by atomic mass is 32.1. The Kier molecular flexibility index (Phi) is 7.06. The number of carbonyl (C=O) groups is 1. The van der Waals surface area contributed by atoms with E-state index in [-0.39, 0.29) is 5.91 Å². The predicted molar refractivity (Wildman–Crippen MR) is 128 cm³/mol. The highest BCUT2D eigenvalue weighted by Crippen LogP contribution is 2.25. The lowest BCUT2D eigenvalue weighted by Crippen LogP contribution is -2.25. The summed E-state index contributed by atoms with van der Waals surface area (Å²) >= 11 is 1.21. The number of aromatic nitrogens is 3. The molecule has 0 saturated carbocycles. The first-order valence-corrected chi connectivity index (χ1v) is 11.6. The second kappa shape index (κ2) is 10.3. The second-order valence-electron chi connectivity index (χ2n) is 7.66. The van der Waals surface area contributed by atoms with E-state index in [0.717, 1.165) is 24.5 Å². The fourth-order valence-corrected chi connectivity index (χ4v) is 4.50. The molecule has 4 rings (SSSR count). The standard InChI is InChI=1S/C23H27N7OS/c1-25-21-17(6-7-19(29-21)30-12-4-2-3-5-13-30)20(24)18-15-28-23(32-18)22(31)27-14-16-8-10-26-11-9-16/h6-11,15,24H,2-5,12-14H2,1H3,(H,25,29)(H,27,31). The largest absolute Gasteiger partial charge is 0.373 e. The van der Waals surface area contributed by atoms with E-state index >= 15 is 0 Å². The van der Waals surface area contributed by atoms with Crippen LogP contribution in [-0.2, 0) is 6.54 Å². The monoisotopic (exact) mass is 449 g/mol. The Bertz CT molecular complexity index is 1070. The van der Waals surface area contributed by atoms with Gasteiger partial charge in [-0.15, -0.1) is 11.3 Å². The van der Waals surface area contributed by atoms with E-state index in [1.807, 2.05) is 31.3 Å². The number of hydrogen-bond acceptors (Lipinski definition) is 8. The van der Waals surface area contributed by atoms with Crippen LogP contribution in [-0.4, -0.2) is 46.7 Å². The molecule has 0 atom stereocenters. The third kappa shape index (κ3) is 5.11. The maximum atomic E-state index is 12.5. The number of nitrogens with zero attached hydrogens (tertiary/aromatic N) is 4. The van der Waals surface area contributed by atoms with Gasteiger partial charge in [-0.2, -0.15) is 0 Å². The maximum absolute atomic E-state index is 12.5. The molecular weight excluding hydrogens is 422 g/mol. The molecule has 0 radical (unpaired) electrons. The van der Waals surface area contributed by atoms with Crippen LogP contribution in [0.5, 0.6) is 0 Å². The van der Waals surface area contributed by atoms with E-state index in [4.69, 9.17) is 10.4 Å². The number of thiazole rings is 1. The number of pyridine rings is 2. The number of hydrogen-bond donors (Lipinski definition) is 3. The van der Waals surface area contributed by atoms with Crippen LogP contribution in [0.4, 0.5) is 11.6 Å². The number of amides is 1. The normalized spacial score (nSPS) is 14.0. The van der Waals surface area contributed by atoms with Crippen LogP contribution in [0.15, 0.2) is 42.9 Å². The average Bonchev–Trinajstić information content (AvgIpc) is 3.18. The van der Waals surface area contributed by atoms with Crippen molar-refractivity contribution >= 4 is 34.6 Å². The summed E-state index contributed by atoms with van der Waals surface area (Å²) in [5.41, 5.74) is 1.96. The summed E-state index contributed by atoms with van der Waals surface area (Å²) < 4.78 is 0. The van der Waals surface area contributed by atoms with Gasteiger partial charge in [0.2, 0.25) is 0 Å². The van der Waals surface area contributed by atoms with E-state index in [0.29, 0.717) is 33.5 Å². The smallest absolute Gasteiger partial charge is 0.280 e. The quantitative estimate of drug-likeness (QED) is 0.475. The van der Waals surface area contributed by atoms with Crippen molar-refractivity contribution in [3.05, 3.63) is 63.9 Å². The van der Waals surface area contributed by atoms with Crippen molar-refractivity contribution < 1.29 is 4.79 Å². The van der Waals surface area contributed by atoms with Gasteiger partial charge in [-0.05, 0) is 42.7 Å². The van der Waals surface area contributed by atoms with E-state index in [1.54, 1.807) is 18.6 Å². The van der Waals surface area contributed by atoms with Gasteiger partial charge in [0.15, 0.2) is 5.01 Å². The van der Waals surface area contributed by atoms with Crippen molar-refractivity contribution in [2.45, 2.75) is 32.2 Å². The van der Waals surface area contributed by atoms with Crippen LogP contribution >= 0.6 is 11.3 Å². The van der Waals surface area contributed by atoms with Crippen molar-refractivity contribution in [3.8, 4) is 0 Å². The van der Waals surface area contributed by atoms with Gasteiger partial charge in [0, 0.05) is 50.8 Å². The van der Waals surface area contributed by atoms with E-state index in [9.17, 15) is 4.79 Å². The van der Waals surface area contributed by atoms with Gasteiger partial charge in [-0.3, -0.25) is 15.2 Å². The van der Waals surface area contributed by atoms with Crippen LogP contribution in [0.1, 0.15) is 51.5 Å². The molecule has 1 saturated heterocycles. The molecule has 0 unspecified atom stereocenters. The molecule has 0 bridgehead atoms. The summed E-state index contributed by atoms with van der Waals surface area (Å²) in [6, 6.07) is 7.62. The zero-order valence-electron chi connectivity index (χ0n) is 18.1. The van der Waals surface area contributed by atoms with Gasteiger partial charge < -0.3 is 15.5 Å². The molecule has 9 heteroatoms. The molecule has 3 aromatic rings. The third-order valence-corrected chi connectivity index (χ3v) is 6.48. The zero-order chi connectivity index (χ0) is 22.3. The van der Waals surface area contributed by atoms with Crippen LogP contribution in [0.25, 0.3) is 0 Å². The molecule has 4 heterocycles. The molecule has 0 aromatic carbocycles. The summed E-state index contributed by atoms with van der Waals surface area (Å²) in [5, 5.41) is 15.0. The highest BCUT2D eigenvalue weighted by molar-refractivity contribution is 7.15. The molecule has 0 aliphatic carbocycles. The molecule has 32 heavy (non-hydrogen) atoms. The Morgan fingerprint density at radius 2 is 1.88 bits per heavy atom. The van der Waals surface area contributed by atoms with E-state index in [1.165, 1.54) is 37.0 Å². The van der Waals surface area contributed by atoms with Crippen LogP contribution in [0.3, 0.4) is 0 Å². The maximum Gasteiger partial charge on any atom is 0.280 e. The van der Waals surface area contributed by atoms with Gasteiger partial charge in [0.25, 0.3) is 5.91 Å². The van der Waals surface area contributed by atoms with Gasteiger partial charge in [0.1, 0.15) is 11.6 Å². The Hall–Kier alpha value is -3.33. The van der Waals surface area contributed by atoms with E-state index in [2.05, 4.69) is 25.5 Å². The number of rotatable bonds is 7. The van der Waals surface area contributed by atoms with Crippen molar-refractivity contribution in [3.63, 3.8) is 0 Å². The van der Waals surface area contributed by atoms with Crippen molar-refractivity contribution in [2.75, 3.05) is 30.4 Å². The predicted octanol–water partition coefficient (Wildman–Crippen LogP) is 3.70. The van der Waals surface area contributed by atoms with Crippen LogP contribution in [0, 0.1) is 5.41 Å². The summed E-state index contributed by atoms with van der Waals surface area (Å²) in [4.78, 5) is 28.4. The van der Waals surface area contributed by atoms with Crippen molar-refractivity contribution in [1.82, 2.24) is 20.3 Å². The molecule has 0 spiro atoms. The Labute approximate surface area is 191 Å². The molecule has 3 N–H and O–H groups in total. The van der Waals surface area contributed by atoms with Crippen LogP contribution in [0.2, 0.25) is 0 Å². The molecule has 1 amide bonds. The Morgan fingerprint density at radius 3 is 2.59 bits per heavy atom. The summed E-state index contributed by atoms with van der Waals surface area (Å²) in [7, 11) is 1.82. The minimum absolute atomic E-state index is 0.255. The Balaban J connectivity index is 1.47. The second-order valence-corrected chi connectivity index (χ2v) is 8.69. The lowest BCUT2D eigenvalue weighted by atomic mass is 10.1. The topological polar surface area (TPSA) is 107 Å². The molecule has 1 aliphatic heterocycles. The highest BCUT2D eigenvalue weighted by Gasteiger charge is 2.19. The minimum atomic E-state index is -0.255. The van der Waals surface area contributed by atoms with Crippen LogP contribution < -0.4 is 15.5 Å². The Morgan fingerprint density at radius 1 is 1.12 bits per heavy atom. The van der Waals surface area contributed by atoms with Gasteiger partial charge >= 0.3 is 0 Å². The van der Waals surface area contributed by atoms with Crippen molar-refractivity contribution in [2.24, 2.45) is 0 Å². The van der Waals surface area contributed by atoms with E-state index < -0.39 is 0 Å². The number of nitrogens with one attached hydrogen (secondary N) is 3. The fraction of sp³-hybridized carbons (Fsp3) is 0.348. The van der Waals surface area contributed by atoms with Gasteiger partial charge in [0.05, 0.1) is 10.6 Å². The first kappa shape index (κ1) is 21.9. The first-order valence-electron chi connectivity index (χ1n) is 10.8. The average molecular weight is 450 g/mol.